The zero-order valence-corrected chi connectivity index (χ0v) is 43.6. The molecule has 0 radical (unpaired) electrons. The first-order valence-corrected chi connectivity index (χ1v) is 28.6. The molecular formula is C51H88O17P2. The summed E-state index contributed by atoms with van der Waals surface area (Å²) < 4.78 is 49.4. The highest BCUT2D eigenvalue weighted by Gasteiger charge is 2.54. The number of aliphatic hydroxyl groups is 5. The van der Waals surface area contributed by atoms with Gasteiger partial charge < -0.3 is 49.7 Å². The van der Waals surface area contributed by atoms with Gasteiger partial charge in [-0.05, 0) is 44.9 Å². The summed E-state index contributed by atoms with van der Waals surface area (Å²) in [5, 5.41) is 51.3. The van der Waals surface area contributed by atoms with Crippen molar-refractivity contribution >= 4 is 27.6 Å². The fourth-order valence-electron chi connectivity index (χ4n) is 7.43. The molecule has 0 aliphatic heterocycles. The Labute approximate surface area is 417 Å². The monoisotopic (exact) mass is 1030 g/mol. The molecule has 404 valence electrons. The summed E-state index contributed by atoms with van der Waals surface area (Å²) in [4.78, 5) is 54.4. The third-order valence-corrected chi connectivity index (χ3v) is 12.9. The van der Waals surface area contributed by atoms with Crippen LogP contribution in [-0.2, 0) is 41.8 Å². The lowest BCUT2D eigenvalue weighted by Crippen LogP contribution is -2.64. The van der Waals surface area contributed by atoms with Gasteiger partial charge in [0.05, 0.1) is 12.7 Å². The molecule has 8 N–H and O–H groups in total. The molecule has 1 saturated carbocycles. The second-order valence-electron chi connectivity index (χ2n) is 17.7. The van der Waals surface area contributed by atoms with E-state index in [4.69, 9.17) is 18.5 Å². The maximum Gasteiger partial charge on any atom is 0.472 e. The van der Waals surface area contributed by atoms with E-state index in [2.05, 4.69) is 30.5 Å². The van der Waals surface area contributed by atoms with E-state index in [9.17, 15) is 58.9 Å². The van der Waals surface area contributed by atoms with Crippen molar-refractivity contribution in [2.75, 3.05) is 13.2 Å². The Bertz CT molecular complexity index is 1640. The van der Waals surface area contributed by atoms with Gasteiger partial charge in [0.15, 0.2) is 6.10 Å². The van der Waals surface area contributed by atoms with Crippen molar-refractivity contribution in [2.24, 2.45) is 0 Å². The fraction of sp³-hybridized carbons (Fsp3) is 0.725. The molecule has 19 heteroatoms. The largest absolute Gasteiger partial charge is 0.472 e. The summed E-state index contributed by atoms with van der Waals surface area (Å²) in [7, 11) is -10.7. The van der Waals surface area contributed by atoms with E-state index in [-0.39, 0.29) is 19.3 Å². The third kappa shape index (κ3) is 34.7. The second kappa shape index (κ2) is 40.8. The van der Waals surface area contributed by atoms with Crippen molar-refractivity contribution in [1.29, 1.82) is 0 Å². The van der Waals surface area contributed by atoms with Gasteiger partial charge in [-0.2, -0.15) is 0 Å². The zero-order valence-electron chi connectivity index (χ0n) is 41.8. The van der Waals surface area contributed by atoms with Crippen LogP contribution >= 0.6 is 15.6 Å². The van der Waals surface area contributed by atoms with Crippen molar-refractivity contribution in [3.05, 3.63) is 72.9 Å². The molecule has 0 aromatic rings. The van der Waals surface area contributed by atoms with E-state index in [1.165, 1.54) is 77.0 Å². The molecule has 6 unspecified atom stereocenters. The summed E-state index contributed by atoms with van der Waals surface area (Å²) in [5.74, 6) is -1.33. The van der Waals surface area contributed by atoms with E-state index in [1.54, 1.807) is 18.2 Å². The zero-order chi connectivity index (χ0) is 51.9. The predicted molar refractivity (Wildman–Crippen MR) is 270 cm³/mol. The highest BCUT2D eigenvalue weighted by molar-refractivity contribution is 7.47. The van der Waals surface area contributed by atoms with Crippen LogP contribution in [0.25, 0.3) is 0 Å². The van der Waals surface area contributed by atoms with Gasteiger partial charge in [0, 0.05) is 12.8 Å². The number of unbranched alkanes of at least 4 members (excludes halogenated alkanes) is 16. The van der Waals surface area contributed by atoms with Crippen LogP contribution in [0.3, 0.4) is 0 Å². The molecule has 0 heterocycles. The minimum Gasteiger partial charge on any atom is -0.462 e. The lowest BCUT2D eigenvalue weighted by atomic mass is 9.85. The van der Waals surface area contributed by atoms with Crippen LogP contribution in [-0.4, -0.2) is 114 Å². The fourth-order valence-corrected chi connectivity index (χ4v) is 8.97. The van der Waals surface area contributed by atoms with Crippen molar-refractivity contribution in [3.8, 4) is 0 Å². The second-order valence-corrected chi connectivity index (χ2v) is 20.3. The topological polar surface area (TPSA) is 276 Å². The Hall–Kier alpha value is -2.60. The summed E-state index contributed by atoms with van der Waals surface area (Å²) in [6, 6.07) is 0. The van der Waals surface area contributed by atoms with E-state index < -0.39 is 89.6 Å². The first kappa shape index (κ1) is 65.4. The van der Waals surface area contributed by atoms with Gasteiger partial charge in [-0.3, -0.25) is 23.2 Å². The van der Waals surface area contributed by atoms with Gasteiger partial charge in [-0.1, -0.05) is 189 Å². The minimum absolute atomic E-state index is 0.0950. The number of carbonyl (C=O) groups is 2. The summed E-state index contributed by atoms with van der Waals surface area (Å²) in [6.45, 7) is 2.89. The Morgan fingerprint density at radius 1 is 0.543 bits per heavy atom. The number of aliphatic hydroxyl groups excluding tert-OH is 5. The number of phosphoric ester groups is 2. The molecular weight excluding hydrogens is 946 g/mol. The maximum absolute atomic E-state index is 13.0. The Morgan fingerprint density at radius 3 is 1.60 bits per heavy atom. The summed E-state index contributed by atoms with van der Waals surface area (Å²) in [5.41, 5.74) is 0. The number of hydrogen-bond acceptors (Lipinski definition) is 14. The molecule has 0 bridgehead atoms. The first-order chi connectivity index (χ1) is 33.5. The Balaban J connectivity index is 2.63. The van der Waals surface area contributed by atoms with Gasteiger partial charge in [0.1, 0.15) is 43.2 Å². The van der Waals surface area contributed by atoms with Crippen LogP contribution in [0.2, 0.25) is 0 Å². The number of carbonyl (C=O) groups excluding carboxylic acids is 2. The molecule has 0 aromatic carbocycles. The molecule has 9 atom stereocenters. The van der Waals surface area contributed by atoms with Crippen LogP contribution in [0.4, 0.5) is 0 Å². The lowest BCUT2D eigenvalue weighted by molar-refractivity contribution is -0.216. The normalized spacial score (nSPS) is 22.0. The molecule has 0 saturated heterocycles. The van der Waals surface area contributed by atoms with E-state index >= 15 is 0 Å². The summed E-state index contributed by atoms with van der Waals surface area (Å²) in [6.07, 6.45) is 31.7. The molecule has 17 nitrogen and oxygen atoms in total. The van der Waals surface area contributed by atoms with Gasteiger partial charge in [0.2, 0.25) is 0 Å². The van der Waals surface area contributed by atoms with Crippen LogP contribution in [0.15, 0.2) is 72.9 Å². The summed E-state index contributed by atoms with van der Waals surface area (Å²) >= 11 is 0. The van der Waals surface area contributed by atoms with E-state index in [0.29, 0.717) is 25.7 Å². The standard InChI is InChI=1S/C51H88O17P2/c1-3-5-7-9-11-12-13-14-15-16-17-18-19-23-26-30-34-38-44(53)64-40-43(41-65-70(62,63)68-51-48(57)46(55)47(56)50(49(51)58)67-69(59,60)61)66-45(54)39-35-31-27-24-21-20-22-25-29-33-37-42(52)36-32-28-10-8-6-4-2/h6,8,20-21,25,27-29,31-33,37,42-43,46-52,55-58H,3-5,7,9-19,22-24,26,30,34-36,38-41H2,1-2H3,(H,62,63)(H2,59,60,61)/b8-6-,21-20-,29-25-,31-27-,32-28-,37-33+/t42?,43-,46?,47?,48?,49?,50-,51+/m1/s1. The quantitative estimate of drug-likeness (QED) is 0.00929. The minimum atomic E-state index is -5.38. The number of rotatable bonds is 42. The van der Waals surface area contributed by atoms with Crippen molar-refractivity contribution in [3.63, 3.8) is 0 Å². The first-order valence-electron chi connectivity index (χ1n) is 25.6. The predicted octanol–water partition coefficient (Wildman–Crippen LogP) is 9.37. The lowest BCUT2D eigenvalue weighted by Gasteiger charge is -2.43. The SMILES string of the molecule is CC/C=C\C/C=C\CC(O)/C=C/C=C\C/C=C\C/C=C\CCC(=O)O[C@H](COC(=O)CCCCCCCCCCCCCCCCCCC)COP(=O)(O)O[C@H]1C(O)C(O)C(O)[C@@H](OP(=O)(O)O)C1O. The van der Waals surface area contributed by atoms with Gasteiger partial charge >= 0.3 is 27.6 Å². The number of allylic oxidation sites excluding steroid dienone is 10. The molecule has 1 rings (SSSR count). The molecule has 1 fully saturated rings. The van der Waals surface area contributed by atoms with Gasteiger partial charge in [0.25, 0.3) is 0 Å². The number of phosphoric acid groups is 2. The molecule has 0 amide bonds. The smallest absolute Gasteiger partial charge is 0.462 e. The Kier molecular flexibility index (Phi) is 38.2. The van der Waals surface area contributed by atoms with Crippen LogP contribution in [0, 0.1) is 0 Å². The van der Waals surface area contributed by atoms with Crippen molar-refractivity contribution < 1.29 is 82.0 Å². The highest BCUT2D eigenvalue weighted by atomic mass is 31.2. The number of ether oxygens (including phenoxy) is 2. The average molecular weight is 1040 g/mol. The van der Waals surface area contributed by atoms with Gasteiger partial charge in [-0.25, -0.2) is 9.13 Å². The molecule has 70 heavy (non-hydrogen) atoms. The van der Waals surface area contributed by atoms with Crippen molar-refractivity contribution in [1.82, 2.24) is 0 Å². The molecule has 1 aliphatic rings. The maximum atomic E-state index is 13.0. The third-order valence-electron chi connectivity index (χ3n) is 11.4. The molecule has 0 aromatic heterocycles. The van der Waals surface area contributed by atoms with E-state index in [0.717, 1.165) is 38.5 Å². The van der Waals surface area contributed by atoms with Crippen LogP contribution < -0.4 is 0 Å². The Morgan fingerprint density at radius 2 is 1.04 bits per heavy atom. The highest BCUT2D eigenvalue weighted by Crippen LogP contribution is 2.49. The molecule has 1 aliphatic carbocycles. The average Bonchev–Trinajstić information content (AvgIpc) is 3.31. The van der Waals surface area contributed by atoms with Crippen LogP contribution in [0.1, 0.15) is 174 Å². The van der Waals surface area contributed by atoms with E-state index in [1.807, 2.05) is 42.5 Å². The van der Waals surface area contributed by atoms with Crippen LogP contribution in [0.5, 0.6) is 0 Å². The van der Waals surface area contributed by atoms with Gasteiger partial charge in [-0.15, -0.1) is 0 Å². The van der Waals surface area contributed by atoms with Crippen molar-refractivity contribution in [2.45, 2.75) is 223 Å². The number of hydrogen-bond donors (Lipinski definition) is 8. The molecule has 0 spiro atoms. The number of esters is 2.